The molecule has 4 rings (SSSR count). The number of carboxylic acid groups (broad SMARTS) is 1. The van der Waals surface area contributed by atoms with Gasteiger partial charge in [-0.2, -0.15) is 0 Å². The van der Waals surface area contributed by atoms with E-state index >= 15 is 8.78 Å². The number of methoxy groups -OCH3 is 1. The molecule has 0 spiro atoms. The van der Waals surface area contributed by atoms with E-state index in [9.17, 15) is 14.7 Å². The van der Waals surface area contributed by atoms with Crippen LogP contribution in [-0.2, 0) is 10.3 Å². The second-order valence-electron chi connectivity index (χ2n) is 11.3. The number of hydrogen-bond acceptors (Lipinski definition) is 5. The van der Waals surface area contributed by atoms with E-state index < -0.39 is 47.1 Å². The van der Waals surface area contributed by atoms with Gasteiger partial charge in [-0.25, -0.2) is 13.6 Å². The molecule has 0 aliphatic carbocycles. The zero-order valence-electron chi connectivity index (χ0n) is 22.9. The number of hydrogen-bond donors (Lipinski definition) is 4. The van der Waals surface area contributed by atoms with Gasteiger partial charge in [0.05, 0.1) is 35.0 Å². The Morgan fingerprint density at radius 3 is 2.44 bits per heavy atom. The number of rotatable bonds is 7. The second-order valence-corrected chi connectivity index (χ2v) is 12.2. The Morgan fingerprint density at radius 2 is 1.83 bits per heavy atom. The molecule has 1 fully saturated rings. The molecule has 1 aliphatic heterocycles. The van der Waals surface area contributed by atoms with E-state index in [2.05, 4.69) is 10.6 Å². The standard InChI is InChI=1S/C30H31Cl2F2N3O4/c1-29(2,3)14-23-30(35,18-10-9-16(31)13-20(18)33)24(17-6-5-7-19(32)25(17)34)26(37-23)27(38)36-21-11-8-15(28(39)40)12-22(21)41-4/h5-13,23-24,26,37H,14,35H2,1-4H3,(H,36,38)(H,39,40). The van der Waals surface area contributed by atoms with E-state index in [1.54, 1.807) is 6.07 Å². The molecule has 7 nitrogen and oxygen atoms in total. The highest BCUT2D eigenvalue weighted by atomic mass is 35.5. The third-order valence-corrected chi connectivity index (χ3v) is 7.85. The summed E-state index contributed by atoms with van der Waals surface area (Å²) in [7, 11) is 1.34. The molecule has 41 heavy (non-hydrogen) atoms. The molecule has 0 aromatic heterocycles. The lowest BCUT2D eigenvalue weighted by Gasteiger charge is -2.40. The molecular formula is C30H31Cl2F2N3O4. The number of nitrogens with one attached hydrogen (secondary N) is 2. The molecule has 11 heteroatoms. The monoisotopic (exact) mass is 605 g/mol. The largest absolute Gasteiger partial charge is 0.495 e. The van der Waals surface area contributed by atoms with Crippen molar-refractivity contribution < 1.29 is 28.2 Å². The molecule has 218 valence electrons. The molecule has 1 saturated heterocycles. The van der Waals surface area contributed by atoms with E-state index in [4.69, 9.17) is 33.7 Å². The van der Waals surface area contributed by atoms with Crippen LogP contribution >= 0.6 is 23.2 Å². The van der Waals surface area contributed by atoms with Crippen LogP contribution in [0.1, 0.15) is 54.6 Å². The van der Waals surface area contributed by atoms with Crippen molar-refractivity contribution >= 4 is 40.8 Å². The highest BCUT2D eigenvalue weighted by molar-refractivity contribution is 6.31. The number of ether oxygens (including phenoxy) is 1. The van der Waals surface area contributed by atoms with Crippen molar-refractivity contribution in [1.82, 2.24) is 5.32 Å². The summed E-state index contributed by atoms with van der Waals surface area (Å²) >= 11 is 12.2. The zero-order chi connectivity index (χ0) is 30.3. The van der Waals surface area contributed by atoms with Gasteiger partial charge < -0.3 is 26.2 Å². The molecule has 1 amide bonds. The van der Waals surface area contributed by atoms with Crippen LogP contribution < -0.4 is 21.1 Å². The lowest BCUT2D eigenvalue weighted by molar-refractivity contribution is -0.118. The Kier molecular flexibility index (Phi) is 8.66. The summed E-state index contributed by atoms with van der Waals surface area (Å²) in [5.74, 6) is -4.28. The van der Waals surface area contributed by atoms with E-state index in [0.29, 0.717) is 6.42 Å². The number of carboxylic acids is 1. The van der Waals surface area contributed by atoms with Crippen LogP contribution in [0.15, 0.2) is 54.6 Å². The number of halogens is 4. The van der Waals surface area contributed by atoms with Gasteiger partial charge in [0.25, 0.3) is 0 Å². The number of benzene rings is 3. The quantitative estimate of drug-likeness (QED) is 0.250. The third kappa shape index (κ3) is 6.04. The van der Waals surface area contributed by atoms with Crippen molar-refractivity contribution in [2.24, 2.45) is 11.1 Å². The lowest BCUT2D eigenvalue weighted by Crippen LogP contribution is -2.52. The number of carbonyl (C=O) groups is 2. The van der Waals surface area contributed by atoms with E-state index in [0.717, 1.165) is 6.07 Å². The first-order chi connectivity index (χ1) is 19.2. The summed E-state index contributed by atoms with van der Waals surface area (Å²) in [4.78, 5) is 25.4. The maximum absolute atomic E-state index is 15.7. The van der Waals surface area contributed by atoms with Crippen molar-refractivity contribution in [2.75, 3.05) is 12.4 Å². The van der Waals surface area contributed by atoms with Crippen molar-refractivity contribution in [1.29, 1.82) is 0 Å². The van der Waals surface area contributed by atoms with Crippen molar-refractivity contribution in [3.05, 3.63) is 93.0 Å². The van der Waals surface area contributed by atoms with Gasteiger partial charge in [-0.05, 0) is 53.8 Å². The summed E-state index contributed by atoms with van der Waals surface area (Å²) in [5.41, 5.74) is 5.47. The molecule has 3 aromatic rings. The summed E-state index contributed by atoms with van der Waals surface area (Å²) in [5, 5.41) is 15.4. The molecule has 1 aliphatic rings. The van der Waals surface area contributed by atoms with E-state index in [1.807, 2.05) is 20.8 Å². The second kappa shape index (κ2) is 11.6. The maximum atomic E-state index is 15.7. The minimum absolute atomic E-state index is 0.0339. The maximum Gasteiger partial charge on any atom is 0.335 e. The zero-order valence-corrected chi connectivity index (χ0v) is 24.4. The number of nitrogens with two attached hydrogens (primary N) is 1. The lowest BCUT2D eigenvalue weighted by atomic mass is 9.68. The van der Waals surface area contributed by atoms with Crippen LogP contribution in [0.3, 0.4) is 0 Å². The number of amides is 1. The van der Waals surface area contributed by atoms with Crippen molar-refractivity contribution in [2.45, 2.75) is 50.7 Å². The fourth-order valence-electron chi connectivity index (χ4n) is 5.54. The van der Waals surface area contributed by atoms with Gasteiger partial charge in [-0.3, -0.25) is 4.79 Å². The Bertz CT molecular complexity index is 1500. The van der Waals surface area contributed by atoms with E-state index in [1.165, 1.54) is 49.6 Å². The molecule has 3 aromatic carbocycles. The number of carbonyl (C=O) groups excluding carboxylic acids is 1. The predicted octanol–water partition coefficient (Wildman–Crippen LogP) is 6.33. The van der Waals surface area contributed by atoms with Crippen LogP contribution in [0.5, 0.6) is 5.75 Å². The molecular weight excluding hydrogens is 575 g/mol. The molecule has 4 unspecified atom stereocenters. The SMILES string of the molecule is COc1cc(C(=O)O)ccc1NC(=O)C1NC(CC(C)(C)C)C(N)(c2ccc(Cl)cc2F)C1c1cccc(Cl)c1F. The van der Waals surface area contributed by atoms with Gasteiger partial charge in [0.1, 0.15) is 17.4 Å². The molecule has 1 heterocycles. The molecule has 4 atom stereocenters. The first kappa shape index (κ1) is 30.7. The van der Waals surface area contributed by atoms with E-state index in [-0.39, 0.29) is 43.6 Å². The van der Waals surface area contributed by atoms with Gasteiger partial charge >= 0.3 is 5.97 Å². The van der Waals surface area contributed by atoms with Crippen LogP contribution in [0.2, 0.25) is 10.0 Å². The molecule has 0 saturated carbocycles. The first-order valence-electron chi connectivity index (χ1n) is 12.8. The first-order valence-corrected chi connectivity index (χ1v) is 13.6. The molecule has 0 bridgehead atoms. The highest BCUT2D eigenvalue weighted by Gasteiger charge is 2.58. The summed E-state index contributed by atoms with van der Waals surface area (Å²) < 4.78 is 36.6. The topological polar surface area (TPSA) is 114 Å². The van der Waals surface area contributed by atoms with Crippen LogP contribution in [0.25, 0.3) is 0 Å². The fraction of sp³-hybridized carbons (Fsp3) is 0.333. The Labute approximate surface area is 247 Å². The predicted molar refractivity (Wildman–Crippen MR) is 155 cm³/mol. The number of aromatic carboxylic acids is 1. The van der Waals surface area contributed by atoms with Gasteiger partial charge in [-0.15, -0.1) is 0 Å². The minimum Gasteiger partial charge on any atom is -0.495 e. The van der Waals surface area contributed by atoms with Crippen LogP contribution in [0.4, 0.5) is 14.5 Å². The third-order valence-electron chi connectivity index (χ3n) is 7.32. The van der Waals surface area contributed by atoms with Crippen molar-refractivity contribution in [3.63, 3.8) is 0 Å². The smallest absolute Gasteiger partial charge is 0.335 e. The van der Waals surface area contributed by atoms with Crippen molar-refractivity contribution in [3.8, 4) is 5.75 Å². The number of anilines is 1. The Balaban J connectivity index is 1.90. The highest BCUT2D eigenvalue weighted by Crippen LogP contribution is 2.50. The molecule has 0 radical (unpaired) electrons. The Hall–Kier alpha value is -3.24. The average molecular weight is 606 g/mol. The summed E-state index contributed by atoms with van der Waals surface area (Å²) in [6.45, 7) is 5.93. The molecule has 5 N–H and O–H groups in total. The van der Waals surface area contributed by atoms with Gasteiger partial charge in [-0.1, -0.05) is 62.2 Å². The van der Waals surface area contributed by atoms with Crippen LogP contribution in [-0.4, -0.2) is 36.2 Å². The fourth-order valence-corrected chi connectivity index (χ4v) is 5.88. The normalized spacial score (nSPS) is 22.4. The Morgan fingerprint density at radius 1 is 1.12 bits per heavy atom. The average Bonchev–Trinajstić information content (AvgIpc) is 3.16. The van der Waals surface area contributed by atoms with Crippen LogP contribution in [0, 0.1) is 17.0 Å². The summed E-state index contributed by atoms with van der Waals surface area (Å²) in [6.07, 6.45) is 0.394. The van der Waals surface area contributed by atoms with Gasteiger partial charge in [0.2, 0.25) is 5.91 Å². The van der Waals surface area contributed by atoms with Gasteiger partial charge in [0, 0.05) is 22.5 Å². The van der Waals surface area contributed by atoms with Gasteiger partial charge in [0.15, 0.2) is 0 Å². The summed E-state index contributed by atoms with van der Waals surface area (Å²) in [6, 6.07) is 10.6. The minimum atomic E-state index is -1.63.